The summed E-state index contributed by atoms with van der Waals surface area (Å²) < 4.78 is 12.7. The molecule has 0 bridgehead atoms. The third kappa shape index (κ3) is 3.37. The van der Waals surface area contributed by atoms with Crippen molar-refractivity contribution in [2.45, 2.75) is 18.9 Å². The summed E-state index contributed by atoms with van der Waals surface area (Å²) >= 11 is 0. The van der Waals surface area contributed by atoms with Crippen LogP contribution in [-0.2, 0) is 4.74 Å². The van der Waals surface area contributed by atoms with Crippen LogP contribution in [0.5, 0.6) is 5.75 Å². The summed E-state index contributed by atoms with van der Waals surface area (Å²) in [5.41, 5.74) is 5.36. The van der Waals surface area contributed by atoms with Crippen molar-refractivity contribution in [1.82, 2.24) is 9.78 Å². The van der Waals surface area contributed by atoms with E-state index in [-0.39, 0.29) is 12.4 Å². The summed E-state index contributed by atoms with van der Waals surface area (Å²) in [6.45, 7) is 2.72. The molecule has 1 aromatic heterocycles. The molecule has 2 heterocycles. The second-order valence-corrected chi connectivity index (χ2v) is 3.64. The van der Waals surface area contributed by atoms with Crippen LogP contribution in [0, 0.1) is 0 Å². The Morgan fingerprint density at radius 3 is 2.94 bits per heavy atom. The molecule has 0 saturated carbocycles. The number of nitrogens with zero attached hydrogens (tertiary/aromatic N) is 2. The highest BCUT2D eigenvalue weighted by atomic mass is 35.5. The van der Waals surface area contributed by atoms with Crippen molar-refractivity contribution < 1.29 is 9.47 Å². The number of hydrogen-bond donors (Lipinski definition) is 1. The van der Waals surface area contributed by atoms with E-state index in [9.17, 15) is 0 Å². The molecular formula is C10H18ClN3O2. The van der Waals surface area contributed by atoms with Crippen LogP contribution in [0.25, 0.3) is 0 Å². The van der Waals surface area contributed by atoms with Gasteiger partial charge in [-0.05, 0) is 12.8 Å². The number of rotatable bonds is 4. The number of nitrogens with two attached hydrogens (primary N) is 1. The average molecular weight is 248 g/mol. The van der Waals surface area contributed by atoms with Crippen LogP contribution in [0.3, 0.4) is 0 Å². The summed E-state index contributed by atoms with van der Waals surface area (Å²) in [5.74, 6) is 0.798. The lowest BCUT2D eigenvalue weighted by molar-refractivity contribution is 0.0661. The van der Waals surface area contributed by atoms with E-state index < -0.39 is 0 Å². The van der Waals surface area contributed by atoms with Gasteiger partial charge in [-0.25, -0.2) is 0 Å². The Morgan fingerprint density at radius 2 is 2.25 bits per heavy atom. The molecule has 1 fully saturated rings. The topological polar surface area (TPSA) is 62.3 Å². The number of halogens is 1. The van der Waals surface area contributed by atoms with Gasteiger partial charge in [0.1, 0.15) is 6.61 Å². The third-order valence-electron chi connectivity index (χ3n) is 2.53. The fourth-order valence-corrected chi connectivity index (χ4v) is 1.72. The van der Waals surface area contributed by atoms with E-state index in [1.54, 1.807) is 6.20 Å². The lowest BCUT2D eigenvalue weighted by atomic mass is 10.1. The standard InChI is InChI=1S/C10H17N3O2.ClH/c11-3-6-15-10-7-12-13(8-10)9-1-4-14-5-2-9;/h7-9H,1-6,11H2;1H. The molecule has 1 aliphatic rings. The van der Waals surface area contributed by atoms with Crippen molar-refractivity contribution >= 4 is 12.4 Å². The van der Waals surface area contributed by atoms with Gasteiger partial charge in [0.05, 0.1) is 18.4 Å². The van der Waals surface area contributed by atoms with Gasteiger partial charge in [0.15, 0.2) is 5.75 Å². The highest BCUT2D eigenvalue weighted by molar-refractivity contribution is 5.85. The van der Waals surface area contributed by atoms with Crippen molar-refractivity contribution in [2.75, 3.05) is 26.4 Å². The summed E-state index contributed by atoms with van der Waals surface area (Å²) in [7, 11) is 0. The molecular weight excluding hydrogens is 230 g/mol. The van der Waals surface area contributed by atoms with Gasteiger partial charge in [-0.2, -0.15) is 5.10 Å². The predicted octanol–water partition coefficient (Wildman–Crippen LogP) is 0.994. The molecule has 1 saturated heterocycles. The van der Waals surface area contributed by atoms with Gasteiger partial charge in [-0.15, -0.1) is 12.4 Å². The van der Waals surface area contributed by atoms with E-state index in [0.29, 0.717) is 19.2 Å². The van der Waals surface area contributed by atoms with Crippen molar-refractivity contribution in [3.63, 3.8) is 0 Å². The van der Waals surface area contributed by atoms with Crippen LogP contribution in [-0.4, -0.2) is 36.1 Å². The SMILES string of the molecule is Cl.NCCOc1cnn(C2CCOCC2)c1. The molecule has 0 atom stereocenters. The lowest BCUT2D eigenvalue weighted by Crippen LogP contribution is -2.19. The minimum Gasteiger partial charge on any atom is -0.489 e. The minimum atomic E-state index is 0. The highest BCUT2D eigenvalue weighted by Crippen LogP contribution is 2.21. The Labute approximate surface area is 101 Å². The Bertz CT molecular complexity index is 300. The van der Waals surface area contributed by atoms with Crippen LogP contribution in [0.2, 0.25) is 0 Å². The summed E-state index contributed by atoms with van der Waals surface area (Å²) in [6, 6.07) is 0.453. The van der Waals surface area contributed by atoms with Crippen molar-refractivity contribution in [1.29, 1.82) is 0 Å². The smallest absolute Gasteiger partial charge is 0.157 e. The van der Waals surface area contributed by atoms with E-state index >= 15 is 0 Å². The third-order valence-corrected chi connectivity index (χ3v) is 2.53. The summed E-state index contributed by atoms with van der Waals surface area (Å²) in [4.78, 5) is 0. The molecule has 0 aromatic carbocycles. The van der Waals surface area contributed by atoms with Crippen LogP contribution in [0.15, 0.2) is 12.4 Å². The molecule has 1 aliphatic heterocycles. The molecule has 1 aromatic rings. The first-order chi connectivity index (χ1) is 7.40. The Hall–Kier alpha value is -0.780. The van der Waals surface area contributed by atoms with E-state index in [1.165, 1.54) is 0 Å². The Kier molecular flexibility index (Phi) is 5.59. The second-order valence-electron chi connectivity index (χ2n) is 3.64. The van der Waals surface area contributed by atoms with Gasteiger partial charge in [0.2, 0.25) is 0 Å². The van der Waals surface area contributed by atoms with Gasteiger partial charge in [-0.1, -0.05) is 0 Å². The summed E-state index contributed by atoms with van der Waals surface area (Å²) in [6.07, 6.45) is 5.73. The Balaban J connectivity index is 0.00000128. The first-order valence-electron chi connectivity index (χ1n) is 5.35. The molecule has 0 aliphatic carbocycles. The zero-order valence-electron chi connectivity index (χ0n) is 9.17. The molecule has 2 N–H and O–H groups in total. The van der Waals surface area contributed by atoms with Crippen molar-refractivity contribution in [3.05, 3.63) is 12.4 Å². The molecule has 2 rings (SSSR count). The van der Waals surface area contributed by atoms with E-state index in [0.717, 1.165) is 31.8 Å². The Morgan fingerprint density at radius 1 is 1.50 bits per heavy atom. The lowest BCUT2D eigenvalue weighted by Gasteiger charge is -2.22. The van der Waals surface area contributed by atoms with Gasteiger partial charge < -0.3 is 15.2 Å². The quantitative estimate of drug-likeness (QED) is 0.862. The van der Waals surface area contributed by atoms with E-state index in [1.807, 2.05) is 10.9 Å². The van der Waals surface area contributed by atoms with Crippen molar-refractivity contribution in [3.8, 4) is 5.75 Å². The molecule has 0 amide bonds. The minimum absolute atomic E-state index is 0. The fourth-order valence-electron chi connectivity index (χ4n) is 1.72. The zero-order chi connectivity index (χ0) is 10.5. The molecule has 92 valence electrons. The molecule has 5 nitrogen and oxygen atoms in total. The summed E-state index contributed by atoms with van der Waals surface area (Å²) in [5, 5.41) is 4.29. The monoisotopic (exact) mass is 247 g/mol. The first kappa shape index (κ1) is 13.3. The van der Waals surface area contributed by atoms with E-state index in [4.69, 9.17) is 15.2 Å². The van der Waals surface area contributed by atoms with Crippen LogP contribution >= 0.6 is 12.4 Å². The van der Waals surface area contributed by atoms with Crippen LogP contribution < -0.4 is 10.5 Å². The maximum Gasteiger partial charge on any atom is 0.157 e. The van der Waals surface area contributed by atoms with Crippen LogP contribution in [0.1, 0.15) is 18.9 Å². The van der Waals surface area contributed by atoms with E-state index in [2.05, 4.69) is 5.10 Å². The molecule has 0 radical (unpaired) electrons. The number of aromatic nitrogens is 2. The fraction of sp³-hybridized carbons (Fsp3) is 0.700. The molecule has 16 heavy (non-hydrogen) atoms. The molecule has 0 unspecified atom stereocenters. The first-order valence-corrected chi connectivity index (χ1v) is 5.35. The maximum atomic E-state index is 5.39. The maximum absolute atomic E-state index is 5.39. The molecule has 0 spiro atoms. The normalized spacial score (nSPS) is 16.8. The second kappa shape index (κ2) is 6.73. The van der Waals surface area contributed by atoms with Gasteiger partial charge >= 0.3 is 0 Å². The van der Waals surface area contributed by atoms with Crippen molar-refractivity contribution in [2.24, 2.45) is 5.73 Å². The number of ether oxygens (including phenoxy) is 2. The van der Waals surface area contributed by atoms with Crippen LogP contribution in [0.4, 0.5) is 0 Å². The highest BCUT2D eigenvalue weighted by Gasteiger charge is 2.16. The van der Waals surface area contributed by atoms with Gasteiger partial charge in [0.25, 0.3) is 0 Å². The average Bonchev–Trinajstić information content (AvgIpc) is 2.76. The van der Waals surface area contributed by atoms with Gasteiger partial charge in [0, 0.05) is 19.8 Å². The largest absolute Gasteiger partial charge is 0.489 e. The van der Waals surface area contributed by atoms with Gasteiger partial charge in [-0.3, -0.25) is 4.68 Å². The predicted molar refractivity (Wildman–Crippen MR) is 63.1 cm³/mol. The zero-order valence-corrected chi connectivity index (χ0v) is 9.99. The number of hydrogen-bond acceptors (Lipinski definition) is 4. The molecule has 6 heteroatoms.